The smallest absolute Gasteiger partial charge is 0.331 e. The van der Waals surface area contributed by atoms with Gasteiger partial charge in [0.05, 0.1) is 25.3 Å². The van der Waals surface area contributed by atoms with Gasteiger partial charge < -0.3 is 14.2 Å². The zero-order valence-corrected chi connectivity index (χ0v) is 17.4. The second-order valence-electron chi connectivity index (χ2n) is 6.03. The summed E-state index contributed by atoms with van der Waals surface area (Å²) in [5, 5.41) is 10.6. The Morgan fingerprint density at radius 3 is 2.74 bits per heavy atom. The van der Waals surface area contributed by atoms with Gasteiger partial charge in [0.1, 0.15) is 12.4 Å². The molecule has 0 aromatic heterocycles. The molecule has 3 rings (SSSR count). The Kier molecular flexibility index (Phi) is 7.39. The van der Waals surface area contributed by atoms with Gasteiger partial charge in [-0.25, -0.2) is 9.18 Å². The summed E-state index contributed by atoms with van der Waals surface area (Å²) in [5.41, 5.74) is 1.10. The third-order valence-electron chi connectivity index (χ3n) is 3.99. The van der Waals surface area contributed by atoms with Crippen LogP contribution in [0.5, 0.6) is 11.5 Å². The summed E-state index contributed by atoms with van der Waals surface area (Å²) in [6.45, 7) is 0.0580. The summed E-state index contributed by atoms with van der Waals surface area (Å²) in [6, 6.07) is 11.5. The van der Waals surface area contributed by atoms with E-state index < -0.39 is 11.9 Å². The Labute approximate surface area is 181 Å². The van der Waals surface area contributed by atoms with Crippen LogP contribution < -0.4 is 14.8 Å². The SMILES string of the molecule is COC(=O)/C=C1/S/C(=N\N=Cc2ccc(OCc3ccccc3F)c(OC)c2)NC1=O. The van der Waals surface area contributed by atoms with Gasteiger partial charge in [0.15, 0.2) is 16.7 Å². The van der Waals surface area contributed by atoms with E-state index in [9.17, 15) is 14.0 Å². The number of rotatable bonds is 7. The zero-order chi connectivity index (χ0) is 22.2. The lowest BCUT2D eigenvalue weighted by atomic mass is 10.2. The third kappa shape index (κ3) is 5.92. The van der Waals surface area contributed by atoms with Crippen molar-refractivity contribution >= 4 is 35.0 Å². The Balaban J connectivity index is 1.66. The van der Waals surface area contributed by atoms with Gasteiger partial charge >= 0.3 is 5.97 Å². The number of hydrogen-bond donors (Lipinski definition) is 1. The van der Waals surface area contributed by atoms with Crippen LogP contribution in [0.15, 0.2) is 63.6 Å². The number of thioether (sulfide) groups is 1. The van der Waals surface area contributed by atoms with Crippen LogP contribution in [0.2, 0.25) is 0 Å². The highest BCUT2D eigenvalue weighted by Crippen LogP contribution is 2.29. The van der Waals surface area contributed by atoms with Gasteiger partial charge in [0.25, 0.3) is 5.91 Å². The van der Waals surface area contributed by atoms with Crippen LogP contribution in [0.3, 0.4) is 0 Å². The van der Waals surface area contributed by atoms with E-state index >= 15 is 0 Å². The van der Waals surface area contributed by atoms with Crippen LogP contribution >= 0.6 is 11.8 Å². The average molecular weight is 443 g/mol. The van der Waals surface area contributed by atoms with Crippen molar-refractivity contribution in [3.05, 3.63) is 70.4 Å². The van der Waals surface area contributed by atoms with Gasteiger partial charge in [-0.05, 0) is 41.6 Å². The van der Waals surface area contributed by atoms with E-state index in [-0.39, 0.29) is 22.5 Å². The maximum atomic E-state index is 13.7. The van der Waals surface area contributed by atoms with E-state index in [1.165, 1.54) is 26.5 Å². The summed E-state index contributed by atoms with van der Waals surface area (Å²) in [7, 11) is 2.72. The molecule has 0 aliphatic carbocycles. The van der Waals surface area contributed by atoms with Crippen LogP contribution in [0.4, 0.5) is 4.39 Å². The highest BCUT2D eigenvalue weighted by atomic mass is 32.2. The largest absolute Gasteiger partial charge is 0.493 e. The number of carbonyl (C=O) groups is 2. The van der Waals surface area contributed by atoms with E-state index in [2.05, 4.69) is 20.3 Å². The van der Waals surface area contributed by atoms with E-state index in [0.29, 0.717) is 22.6 Å². The quantitative estimate of drug-likeness (QED) is 0.306. The number of carbonyl (C=O) groups excluding carboxylic acids is 2. The van der Waals surface area contributed by atoms with Crippen LogP contribution in [0, 0.1) is 5.82 Å². The molecule has 0 bridgehead atoms. The van der Waals surface area contributed by atoms with Gasteiger partial charge in [-0.3, -0.25) is 10.1 Å². The van der Waals surface area contributed by atoms with Crippen molar-refractivity contribution in [3.8, 4) is 11.5 Å². The maximum absolute atomic E-state index is 13.7. The molecular weight excluding hydrogens is 425 g/mol. The number of methoxy groups -OCH3 is 2. The molecule has 0 spiro atoms. The fourth-order valence-corrected chi connectivity index (χ4v) is 3.18. The fraction of sp³-hybridized carbons (Fsp3) is 0.143. The van der Waals surface area contributed by atoms with E-state index in [1.807, 2.05) is 0 Å². The third-order valence-corrected chi connectivity index (χ3v) is 4.89. The second-order valence-corrected chi connectivity index (χ2v) is 7.06. The monoisotopic (exact) mass is 443 g/mol. The molecule has 1 heterocycles. The predicted molar refractivity (Wildman–Crippen MR) is 115 cm³/mol. The molecular formula is C21H18FN3O5S. The lowest BCUT2D eigenvalue weighted by Gasteiger charge is -2.11. The van der Waals surface area contributed by atoms with E-state index in [1.54, 1.807) is 36.4 Å². The van der Waals surface area contributed by atoms with Crippen LogP contribution in [-0.2, 0) is 20.9 Å². The molecule has 0 radical (unpaired) electrons. The lowest BCUT2D eigenvalue weighted by molar-refractivity contribution is -0.135. The first-order valence-corrected chi connectivity index (χ1v) is 9.76. The van der Waals surface area contributed by atoms with E-state index in [0.717, 1.165) is 17.8 Å². The number of halogens is 1. The Bertz CT molecular complexity index is 1080. The molecule has 0 atom stereocenters. The van der Waals surface area contributed by atoms with Gasteiger partial charge in [-0.15, -0.1) is 5.10 Å². The molecule has 1 amide bonds. The molecule has 0 saturated carbocycles. The van der Waals surface area contributed by atoms with Crippen molar-refractivity contribution in [1.82, 2.24) is 5.32 Å². The van der Waals surface area contributed by atoms with Crippen molar-refractivity contribution in [2.75, 3.05) is 14.2 Å². The first-order chi connectivity index (χ1) is 15.0. The Hall–Kier alpha value is -3.66. The van der Waals surface area contributed by atoms with Gasteiger partial charge in [-0.1, -0.05) is 18.2 Å². The molecule has 2 aromatic rings. The molecule has 1 saturated heterocycles. The van der Waals surface area contributed by atoms with Gasteiger partial charge in [0.2, 0.25) is 0 Å². The number of ether oxygens (including phenoxy) is 3. The molecule has 10 heteroatoms. The minimum Gasteiger partial charge on any atom is -0.493 e. The number of benzene rings is 2. The highest BCUT2D eigenvalue weighted by molar-refractivity contribution is 8.18. The van der Waals surface area contributed by atoms with Gasteiger partial charge in [-0.2, -0.15) is 5.10 Å². The summed E-state index contributed by atoms with van der Waals surface area (Å²) >= 11 is 0.974. The van der Waals surface area contributed by atoms with Crippen LogP contribution in [-0.4, -0.2) is 37.5 Å². The molecule has 1 N–H and O–H groups in total. The second kappa shape index (κ2) is 10.4. The summed E-state index contributed by atoms with van der Waals surface area (Å²) < 4.78 is 29.2. The Morgan fingerprint density at radius 2 is 2.00 bits per heavy atom. The van der Waals surface area contributed by atoms with Gasteiger partial charge in [0, 0.05) is 11.6 Å². The summed E-state index contributed by atoms with van der Waals surface area (Å²) in [5.74, 6) is -0.537. The molecule has 1 aliphatic heterocycles. The van der Waals surface area contributed by atoms with Crippen LogP contribution in [0.25, 0.3) is 0 Å². The average Bonchev–Trinajstić information content (AvgIpc) is 3.12. The maximum Gasteiger partial charge on any atom is 0.331 e. The number of esters is 1. The number of amidine groups is 1. The standard InChI is InChI=1S/C21H18FN3O5S/c1-28-17-9-13(7-8-16(17)30-12-14-5-3-4-6-15(14)22)11-23-25-21-24-20(27)18(31-21)10-19(26)29-2/h3-11H,12H2,1-2H3,(H,24,25,27)/b18-10+,23-11?. The number of amides is 1. The molecule has 8 nitrogen and oxygen atoms in total. The predicted octanol–water partition coefficient (Wildman–Crippen LogP) is 3.02. The molecule has 2 aromatic carbocycles. The first kappa shape index (κ1) is 22.0. The van der Waals surface area contributed by atoms with Crippen molar-refractivity contribution in [1.29, 1.82) is 0 Å². The summed E-state index contributed by atoms with van der Waals surface area (Å²) in [6.07, 6.45) is 2.54. The molecule has 160 valence electrons. The zero-order valence-electron chi connectivity index (χ0n) is 16.6. The normalized spacial score (nSPS) is 16.0. The molecule has 1 aliphatic rings. The number of nitrogens with zero attached hydrogens (tertiary/aromatic N) is 2. The van der Waals surface area contributed by atoms with Crippen LogP contribution in [0.1, 0.15) is 11.1 Å². The number of hydrogen-bond acceptors (Lipinski definition) is 8. The van der Waals surface area contributed by atoms with Crippen molar-refractivity contribution in [2.24, 2.45) is 10.2 Å². The van der Waals surface area contributed by atoms with Crippen molar-refractivity contribution < 1.29 is 28.2 Å². The van der Waals surface area contributed by atoms with E-state index in [4.69, 9.17) is 9.47 Å². The lowest BCUT2D eigenvalue weighted by Crippen LogP contribution is -2.19. The fourth-order valence-electron chi connectivity index (χ4n) is 2.44. The first-order valence-electron chi connectivity index (χ1n) is 8.94. The molecule has 1 fully saturated rings. The minimum atomic E-state index is -0.633. The molecule has 31 heavy (non-hydrogen) atoms. The number of nitrogens with one attached hydrogen (secondary N) is 1. The summed E-state index contributed by atoms with van der Waals surface area (Å²) in [4.78, 5) is 23.2. The minimum absolute atomic E-state index is 0.0580. The van der Waals surface area contributed by atoms with Crippen molar-refractivity contribution in [3.63, 3.8) is 0 Å². The molecule has 0 unspecified atom stereocenters. The Morgan fingerprint density at radius 1 is 1.19 bits per heavy atom. The van der Waals surface area contributed by atoms with Crippen molar-refractivity contribution in [2.45, 2.75) is 6.61 Å². The topological polar surface area (TPSA) is 98.6 Å². The highest BCUT2D eigenvalue weighted by Gasteiger charge is 2.25.